The first-order chi connectivity index (χ1) is 9.88. The molecule has 2 aromatic heterocycles. The highest BCUT2D eigenvalue weighted by Crippen LogP contribution is 2.38. The molecule has 1 aromatic carbocycles. The van der Waals surface area contributed by atoms with Crippen LogP contribution in [0.15, 0.2) is 41.1 Å². The Labute approximate surface area is 117 Å². The summed E-state index contributed by atoms with van der Waals surface area (Å²) < 4.78 is 43.6. The van der Waals surface area contributed by atoms with Gasteiger partial charge in [-0.3, -0.25) is 4.98 Å². The first-order valence-corrected chi connectivity index (χ1v) is 5.97. The van der Waals surface area contributed by atoms with Crippen LogP contribution in [0.3, 0.4) is 0 Å². The minimum absolute atomic E-state index is 0.0197. The molecule has 0 radical (unpaired) electrons. The Morgan fingerprint density at radius 3 is 2.57 bits per heavy atom. The van der Waals surface area contributed by atoms with Gasteiger partial charge in [-0.25, -0.2) is 0 Å². The van der Waals surface area contributed by atoms with Crippen molar-refractivity contribution in [1.82, 2.24) is 4.98 Å². The van der Waals surface area contributed by atoms with E-state index in [0.717, 1.165) is 12.1 Å². The van der Waals surface area contributed by atoms with Gasteiger partial charge >= 0.3 is 6.18 Å². The highest BCUT2D eigenvalue weighted by Gasteiger charge is 2.30. The standard InChI is InChI=1S/C14H10F3N3O/c15-14(16,17)8-3-1-2-7(4-8)9-5-20-6-10-11(9)12(18)13(19)21-10/h1-6H,18-19H2. The summed E-state index contributed by atoms with van der Waals surface area (Å²) in [7, 11) is 0. The molecule has 0 spiro atoms. The second-order valence-electron chi connectivity index (χ2n) is 4.52. The van der Waals surface area contributed by atoms with Gasteiger partial charge in [0.2, 0.25) is 5.88 Å². The predicted octanol–water partition coefficient (Wildman–Crippen LogP) is 3.68. The number of nitrogens with two attached hydrogens (primary N) is 2. The van der Waals surface area contributed by atoms with Crippen LogP contribution in [0.5, 0.6) is 0 Å². The van der Waals surface area contributed by atoms with E-state index in [0.29, 0.717) is 22.1 Å². The van der Waals surface area contributed by atoms with Crippen LogP contribution in [0.1, 0.15) is 5.56 Å². The number of nitrogen functional groups attached to an aromatic ring is 2. The summed E-state index contributed by atoms with van der Waals surface area (Å²) >= 11 is 0. The third kappa shape index (κ3) is 2.16. The molecule has 0 amide bonds. The van der Waals surface area contributed by atoms with Crippen LogP contribution in [0.25, 0.3) is 22.1 Å². The number of anilines is 2. The Balaban J connectivity index is 2.26. The maximum Gasteiger partial charge on any atom is 0.416 e. The van der Waals surface area contributed by atoms with Crippen molar-refractivity contribution in [3.8, 4) is 11.1 Å². The summed E-state index contributed by atoms with van der Waals surface area (Å²) in [6.07, 6.45) is -1.57. The number of fused-ring (bicyclic) bond motifs is 1. The van der Waals surface area contributed by atoms with Crippen LogP contribution < -0.4 is 11.5 Å². The molecule has 0 fully saturated rings. The van der Waals surface area contributed by atoms with Crippen molar-refractivity contribution in [3.05, 3.63) is 42.2 Å². The van der Waals surface area contributed by atoms with Crippen LogP contribution in [0.2, 0.25) is 0 Å². The van der Waals surface area contributed by atoms with E-state index in [1.807, 2.05) is 0 Å². The zero-order valence-electron chi connectivity index (χ0n) is 10.6. The Kier molecular flexibility index (Phi) is 2.79. The molecule has 3 rings (SSSR count). The molecule has 0 aliphatic carbocycles. The van der Waals surface area contributed by atoms with Gasteiger partial charge in [-0.1, -0.05) is 12.1 Å². The molecule has 2 heterocycles. The van der Waals surface area contributed by atoms with E-state index < -0.39 is 11.7 Å². The van der Waals surface area contributed by atoms with Gasteiger partial charge in [-0.2, -0.15) is 13.2 Å². The fourth-order valence-electron chi connectivity index (χ4n) is 2.18. The van der Waals surface area contributed by atoms with Gasteiger partial charge in [0.15, 0.2) is 5.58 Å². The SMILES string of the molecule is Nc1oc2cncc(-c3cccc(C(F)(F)F)c3)c2c1N. The summed E-state index contributed by atoms with van der Waals surface area (Å²) in [6, 6.07) is 4.92. The van der Waals surface area contributed by atoms with Gasteiger partial charge < -0.3 is 15.9 Å². The first-order valence-electron chi connectivity index (χ1n) is 5.97. The Morgan fingerprint density at radius 2 is 1.86 bits per heavy atom. The maximum absolute atomic E-state index is 12.8. The quantitative estimate of drug-likeness (QED) is 0.717. The lowest BCUT2D eigenvalue weighted by Crippen LogP contribution is -2.04. The molecule has 0 aliphatic heterocycles. The van der Waals surface area contributed by atoms with E-state index in [1.54, 1.807) is 6.07 Å². The van der Waals surface area contributed by atoms with E-state index in [4.69, 9.17) is 15.9 Å². The Bertz CT molecular complexity index is 824. The third-order valence-electron chi connectivity index (χ3n) is 3.17. The van der Waals surface area contributed by atoms with Crippen molar-refractivity contribution < 1.29 is 17.6 Å². The smallest absolute Gasteiger partial charge is 0.416 e. The lowest BCUT2D eigenvalue weighted by molar-refractivity contribution is -0.137. The minimum atomic E-state index is -4.42. The van der Waals surface area contributed by atoms with Crippen molar-refractivity contribution in [1.29, 1.82) is 0 Å². The van der Waals surface area contributed by atoms with E-state index in [2.05, 4.69) is 4.98 Å². The maximum atomic E-state index is 12.8. The van der Waals surface area contributed by atoms with E-state index >= 15 is 0 Å². The number of furan rings is 1. The number of hydrogen-bond acceptors (Lipinski definition) is 4. The Morgan fingerprint density at radius 1 is 1.10 bits per heavy atom. The van der Waals surface area contributed by atoms with E-state index in [-0.39, 0.29) is 11.6 Å². The van der Waals surface area contributed by atoms with Crippen LogP contribution in [-0.4, -0.2) is 4.98 Å². The molecule has 0 atom stereocenters. The second kappa shape index (κ2) is 4.41. The fourth-order valence-corrected chi connectivity index (χ4v) is 2.18. The molecule has 4 N–H and O–H groups in total. The van der Waals surface area contributed by atoms with Crippen molar-refractivity contribution in [3.63, 3.8) is 0 Å². The van der Waals surface area contributed by atoms with E-state index in [9.17, 15) is 13.2 Å². The normalized spacial score (nSPS) is 12.0. The molecule has 0 unspecified atom stereocenters. The van der Waals surface area contributed by atoms with Gasteiger partial charge in [-0.15, -0.1) is 0 Å². The summed E-state index contributed by atoms with van der Waals surface area (Å²) in [5.74, 6) is 0.0197. The lowest BCUT2D eigenvalue weighted by Gasteiger charge is -2.09. The summed E-state index contributed by atoms with van der Waals surface area (Å²) in [5.41, 5.74) is 12.0. The lowest BCUT2D eigenvalue weighted by atomic mass is 10.0. The van der Waals surface area contributed by atoms with Crippen molar-refractivity contribution in [2.45, 2.75) is 6.18 Å². The molecule has 4 nitrogen and oxygen atoms in total. The number of rotatable bonds is 1. The monoisotopic (exact) mass is 293 g/mol. The average Bonchev–Trinajstić information content (AvgIpc) is 2.73. The van der Waals surface area contributed by atoms with Crippen molar-refractivity contribution in [2.75, 3.05) is 11.5 Å². The van der Waals surface area contributed by atoms with Crippen molar-refractivity contribution >= 4 is 22.5 Å². The third-order valence-corrected chi connectivity index (χ3v) is 3.17. The molecule has 0 saturated heterocycles. The van der Waals surface area contributed by atoms with Crippen LogP contribution in [0.4, 0.5) is 24.7 Å². The van der Waals surface area contributed by atoms with E-state index in [1.165, 1.54) is 18.5 Å². The molecule has 0 bridgehead atoms. The number of hydrogen-bond donors (Lipinski definition) is 2. The number of pyridine rings is 1. The van der Waals surface area contributed by atoms with Gasteiger partial charge in [-0.05, 0) is 17.7 Å². The summed E-state index contributed by atoms with van der Waals surface area (Å²) in [4.78, 5) is 3.95. The van der Waals surface area contributed by atoms with Crippen LogP contribution in [0, 0.1) is 0 Å². The molecule has 3 aromatic rings. The van der Waals surface area contributed by atoms with Crippen LogP contribution in [-0.2, 0) is 6.18 Å². The van der Waals surface area contributed by atoms with Gasteiger partial charge in [0.25, 0.3) is 0 Å². The molecule has 0 saturated carbocycles. The first kappa shape index (κ1) is 13.3. The van der Waals surface area contributed by atoms with Gasteiger partial charge in [0.1, 0.15) is 5.69 Å². The zero-order chi connectivity index (χ0) is 15.2. The number of benzene rings is 1. The zero-order valence-corrected chi connectivity index (χ0v) is 10.6. The van der Waals surface area contributed by atoms with Gasteiger partial charge in [0.05, 0.1) is 17.1 Å². The largest absolute Gasteiger partial charge is 0.437 e. The Hall–Kier alpha value is -2.70. The molecular formula is C14H10F3N3O. The molecule has 0 aliphatic rings. The van der Waals surface area contributed by atoms with Crippen molar-refractivity contribution in [2.24, 2.45) is 0 Å². The summed E-state index contributed by atoms with van der Waals surface area (Å²) in [5, 5.41) is 0.460. The molecule has 7 heteroatoms. The van der Waals surface area contributed by atoms with Crippen LogP contribution >= 0.6 is 0 Å². The molecular weight excluding hydrogens is 283 g/mol. The average molecular weight is 293 g/mol. The number of nitrogens with zero attached hydrogens (tertiary/aromatic N) is 1. The summed E-state index contributed by atoms with van der Waals surface area (Å²) in [6.45, 7) is 0. The van der Waals surface area contributed by atoms with Gasteiger partial charge in [0, 0.05) is 11.8 Å². The predicted molar refractivity (Wildman–Crippen MR) is 73.3 cm³/mol. The number of alkyl halides is 3. The number of halogens is 3. The topological polar surface area (TPSA) is 78.1 Å². The fraction of sp³-hybridized carbons (Fsp3) is 0.0714. The highest BCUT2D eigenvalue weighted by molar-refractivity contribution is 6.04. The highest BCUT2D eigenvalue weighted by atomic mass is 19.4. The molecule has 21 heavy (non-hydrogen) atoms. The minimum Gasteiger partial charge on any atom is -0.437 e. The second-order valence-corrected chi connectivity index (χ2v) is 4.52. The number of aromatic nitrogens is 1. The molecule has 108 valence electrons.